The van der Waals surface area contributed by atoms with Crippen LogP contribution in [0, 0.1) is 6.92 Å². The third-order valence-corrected chi connectivity index (χ3v) is 5.59. The molecule has 2 N–H and O–H groups in total. The van der Waals surface area contributed by atoms with E-state index in [9.17, 15) is 9.59 Å². The Morgan fingerprint density at radius 1 is 1.26 bits per heavy atom. The van der Waals surface area contributed by atoms with Crippen molar-refractivity contribution in [2.45, 2.75) is 13.3 Å². The number of aromatic nitrogens is 5. The van der Waals surface area contributed by atoms with Gasteiger partial charge in [0.15, 0.2) is 5.65 Å². The van der Waals surface area contributed by atoms with Gasteiger partial charge in [-0.3, -0.25) is 9.59 Å². The number of H-pyrrole nitrogens is 1. The van der Waals surface area contributed by atoms with Gasteiger partial charge in [0.25, 0.3) is 5.56 Å². The molecule has 0 aliphatic rings. The second kappa shape index (κ2) is 7.65. The van der Waals surface area contributed by atoms with Crippen molar-refractivity contribution in [2.24, 2.45) is 0 Å². The van der Waals surface area contributed by atoms with E-state index in [-0.39, 0.29) is 17.9 Å². The number of rotatable bonds is 5. The highest BCUT2D eigenvalue weighted by Gasteiger charge is 2.17. The van der Waals surface area contributed by atoms with Gasteiger partial charge in [0.2, 0.25) is 11.8 Å². The Morgan fingerprint density at radius 3 is 2.97 bits per heavy atom. The maximum atomic E-state index is 12.8. The molecule has 0 fully saturated rings. The molecule has 0 atom stereocenters. The zero-order valence-corrected chi connectivity index (χ0v) is 17.1. The number of carbonyl (C=O) groups is 1. The van der Waals surface area contributed by atoms with Crippen LogP contribution in [-0.4, -0.2) is 30.6 Å². The van der Waals surface area contributed by atoms with Crippen molar-refractivity contribution in [3.8, 4) is 16.5 Å². The van der Waals surface area contributed by atoms with E-state index in [2.05, 4.69) is 25.4 Å². The van der Waals surface area contributed by atoms with Crippen molar-refractivity contribution in [1.82, 2.24) is 24.7 Å². The van der Waals surface area contributed by atoms with Gasteiger partial charge in [-0.2, -0.15) is 5.10 Å². The monoisotopic (exact) mass is 432 g/mol. The number of hydrogen-bond acceptors (Lipinski definition) is 7. The number of oxazole rings is 1. The molecule has 154 valence electrons. The van der Waals surface area contributed by atoms with Gasteiger partial charge < -0.3 is 14.7 Å². The molecule has 0 aliphatic carbocycles. The molecular formula is C21H16N6O3S. The Labute approximate surface area is 179 Å². The lowest BCUT2D eigenvalue weighted by atomic mass is 10.2. The standard InChI is InChI=1S/C21H16N6O3S/c1-12-15(26-21(30-12)17-7-4-8-31-17)9-18(28)25-14-5-2-3-6-16(14)27-19-13(10-24-27)20(29)23-11-22-19/h2-8,10-11H,9H2,1H3,(H,25,28)(H,22,23,29). The first-order valence-electron chi connectivity index (χ1n) is 9.41. The number of carbonyl (C=O) groups excluding carboxylic acids is 1. The molecule has 5 rings (SSSR count). The Morgan fingerprint density at radius 2 is 2.13 bits per heavy atom. The van der Waals surface area contributed by atoms with Gasteiger partial charge in [-0.05, 0) is 30.5 Å². The van der Waals surface area contributed by atoms with Gasteiger partial charge >= 0.3 is 0 Å². The zero-order chi connectivity index (χ0) is 21.4. The second-order valence-electron chi connectivity index (χ2n) is 6.77. The highest BCUT2D eigenvalue weighted by atomic mass is 32.1. The molecule has 0 saturated heterocycles. The average molecular weight is 432 g/mol. The highest BCUT2D eigenvalue weighted by molar-refractivity contribution is 7.13. The number of thiophene rings is 1. The van der Waals surface area contributed by atoms with E-state index in [0.717, 1.165) is 4.88 Å². The number of aryl methyl sites for hydroxylation is 1. The fraction of sp³-hybridized carbons (Fsp3) is 0.0952. The maximum absolute atomic E-state index is 12.8. The van der Waals surface area contributed by atoms with Crippen LogP contribution in [0.15, 0.2) is 63.5 Å². The van der Waals surface area contributed by atoms with Gasteiger partial charge in [0.05, 0.1) is 40.9 Å². The Bertz CT molecular complexity index is 1450. The molecular weight excluding hydrogens is 416 g/mol. The smallest absolute Gasteiger partial charge is 0.261 e. The summed E-state index contributed by atoms with van der Waals surface area (Å²) in [5.41, 5.74) is 1.84. The summed E-state index contributed by atoms with van der Waals surface area (Å²) in [5, 5.41) is 9.49. The number of benzene rings is 1. The Hall–Kier alpha value is -4.05. The number of nitrogens with zero attached hydrogens (tertiary/aromatic N) is 4. The molecule has 5 aromatic rings. The van der Waals surface area contributed by atoms with Gasteiger partial charge in [0.1, 0.15) is 11.1 Å². The molecule has 9 nitrogen and oxygen atoms in total. The van der Waals surface area contributed by atoms with Crippen LogP contribution >= 0.6 is 11.3 Å². The summed E-state index contributed by atoms with van der Waals surface area (Å²) in [5.74, 6) is 0.868. The van der Waals surface area contributed by atoms with E-state index in [1.54, 1.807) is 25.1 Å². The molecule has 31 heavy (non-hydrogen) atoms. The topological polar surface area (TPSA) is 119 Å². The van der Waals surface area contributed by atoms with Crippen LogP contribution in [0.1, 0.15) is 11.5 Å². The zero-order valence-electron chi connectivity index (χ0n) is 16.3. The van der Waals surface area contributed by atoms with E-state index in [0.29, 0.717) is 39.8 Å². The summed E-state index contributed by atoms with van der Waals surface area (Å²) < 4.78 is 7.24. The Balaban J connectivity index is 1.42. The molecule has 0 spiro atoms. The van der Waals surface area contributed by atoms with Crippen molar-refractivity contribution >= 4 is 34.0 Å². The fourth-order valence-electron chi connectivity index (χ4n) is 3.24. The third kappa shape index (κ3) is 3.53. The van der Waals surface area contributed by atoms with Crippen molar-refractivity contribution in [2.75, 3.05) is 5.32 Å². The predicted molar refractivity (Wildman–Crippen MR) is 116 cm³/mol. The second-order valence-corrected chi connectivity index (χ2v) is 7.71. The fourth-order valence-corrected chi connectivity index (χ4v) is 3.89. The van der Waals surface area contributed by atoms with E-state index in [4.69, 9.17) is 4.42 Å². The van der Waals surface area contributed by atoms with Crippen LogP contribution in [0.4, 0.5) is 5.69 Å². The number of hydrogen-bond donors (Lipinski definition) is 2. The molecule has 0 aliphatic heterocycles. The van der Waals surface area contributed by atoms with Gasteiger partial charge in [-0.1, -0.05) is 18.2 Å². The minimum absolute atomic E-state index is 0.0623. The molecule has 4 aromatic heterocycles. The number of aromatic amines is 1. The highest BCUT2D eigenvalue weighted by Crippen LogP contribution is 2.27. The quantitative estimate of drug-likeness (QED) is 0.440. The minimum atomic E-state index is -0.277. The maximum Gasteiger partial charge on any atom is 0.261 e. The minimum Gasteiger partial charge on any atom is -0.440 e. The van der Waals surface area contributed by atoms with Crippen LogP contribution in [0.5, 0.6) is 0 Å². The molecule has 0 unspecified atom stereocenters. The molecule has 1 amide bonds. The first-order chi connectivity index (χ1) is 15.1. The van der Waals surface area contributed by atoms with E-state index in [1.165, 1.54) is 28.5 Å². The number of fused-ring (bicyclic) bond motifs is 1. The first-order valence-corrected chi connectivity index (χ1v) is 10.3. The van der Waals surface area contributed by atoms with E-state index < -0.39 is 0 Å². The van der Waals surface area contributed by atoms with Crippen LogP contribution in [0.3, 0.4) is 0 Å². The predicted octanol–water partition coefficient (Wildman–Crippen LogP) is 3.31. The molecule has 4 heterocycles. The number of amides is 1. The van der Waals surface area contributed by atoms with Gasteiger partial charge in [-0.15, -0.1) is 11.3 Å². The lowest BCUT2D eigenvalue weighted by molar-refractivity contribution is -0.115. The Kier molecular flexibility index (Phi) is 4.68. The largest absolute Gasteiger partial charge is 0.440 e. The summed E-state index contributed by atoms with van der Waals surface area (Å²) in [6.45, 7) is 1.79. The first kappa shape index (κ1) is 18.9. The summed E-state index contributed by atoms with van der Waals surface area (Å²) in [6, 6.07) is 11.0. The molecule has 0 radical (unpaired) electrons. The van der Waals surface area contributed by atoms with E-state index in [1.807, 2.05) is 23.6 Å². The van der Waals surface area contributed by atoms with Crippen LogP contribution in [0.2, 0.25) is 0 Å². The summed E-state index contributed by atoms with van der Waals surface area (Å²) >= 11 is 1.52. The normalized spacial score (nSPS) is 11.1. The lowest BCUT2D eigenvalue weighted by Gasteiger charge is -2.11. The van der Waals surface area contributed by atoms with Crippen LogP contribution in [-0.2, 0) is 11.2 Å². The molecule has 0 bridgehead atoms. The van der Waals surface area contributed by atoms with Crippen molar-refractivity contribution < 1.29 is 9.21 Å². The summed E-state index contributed by atoms with van der Waals surface area (Å²) in [4.78, 5) is 36.9. The van der Waals surface area contributed by atoms with Crippen molar-refractivity contribution in [3.05, 3.63) is 76.1 Å². The van der Waals surface area contributed by atoms with E-state index >= 15 is 0 Å². The third-order valence-electron chi connectivity index (χ3n) is 4.73. The van der Waals surface area contributed by atoms with Crippen molar-refractivity contribution in [3.63, 3.8) is 0 Å². The average Bonchev–Trinajstić information content (AvgIpc) is 3.50. The summed E-state index contributed by atoms with van der Waals surface area (Å²) in [6.07, 6.45) is 2.83. The lowest BCUT2D eigenvalue weighted by Crippen LogP contribution is -2.17. The van der Waals surface area contributed by atoms with Crippen molar-refractivity contribution in [1.29, 1.82) is 0 Å². The molecule has 1 aromatic carbocycles. The van der Waals surface area contributed by atoms with Crippen LogP contribution in [0.25, 0.3) is 27.5 Å². The van der Waals surface area contributed by atoms with Crippen LogP contribution < -0.4 is 10.9 Å². The number of para-hydroxylation sites is 2. The summed E-state index contributed by atoms with van der Waals surface area (Å²) in [7, 11) is 0. The number of nitrogens with one attached hydrogen (secondary N) is 2. The molecule has 10 heteroatoms. The molecule has 0 saturated carbocycles. The van der Waals surface area contributed by atoms with Gasteiger partial charge in [-0.25, -0.2) is 14.6 Å². The number of anilines is 1. The SMILES string of the molecule is Cc1oc(-c2cccs2)nc1CC(=O)Nc1ccccc1-n1ncc2c(=O)[nH]cnc21. The van der Waals surface area contributed by atoms with Gasteiger partial charge in [0, 0.05) is 0 Å².